The summed E-state index contributed by atoms with van der Waals surface area (Å²) in [5.74, 6) is -0.140. The molecule has 26 heavy (non-hydrogen) atoms. The average molecular weight is 366 g/mol. The van der Waals surface area contributed by atoms with Gasteiger partial charge in [0.2, 0.25) is 0 Å². The number of nitrogens with one attached hydrogen (secondary N) is 2. The zero-order valence-corrected chi connectivity index (χ0v) is 16.1. The van der Waals surface area contributed by atoms with E-state index in [9.17, 15) is 4.79 Å². The molecule has 1 amide bonds. The van der Waals surface area contributed by atoms with E-state index >= 15 is 0 Å². The van der Waals surface area contributed by atoms with Crippen molar-refractivity contribution in [2.24, 2.45) is 0 Å². The second-order valence-electron chi connectivity index (χ2n) is 6.27. The van der Waals surface area contributed by atoms with Gasteiger partial charge in [-0.25, -0.2) is 0 Å². The first-order valence-electron chi connectivity index (χ1n) is 8.49. The second-order valence-corrected chi connectivity index (χ2v) is 7.49. The second kappa shape index (κ2) is 7.66. The van der Waals surface area contributed by atoms with Crippen LogP contribution in [0.1, 0.15) is 44.5 Å². The van der Waals surface area contributed by atoms with Crippen molar-refractivity contribution in [3.63, 3.8) is 0 Å². The van der Waals surface area contributed by atoms with Crippen molar-refractivity contribution in [1.29, 1.82) is 0 Å². The van der Waals surface area contributed by atoms with Crippen LogP contribution >= 0.6 is 11.3 Å². The Balaban J connectivity index is 1.82. The van der Waals surface area contributed by atoms with Crippen molar-refractivity contribution >= 4 is 28.6 Å². The number of benzene rings is 2. The van der Waals surface area contributed by atoms with Gasteiger partial charge in [0.25, 0.3) is 5.91 Å². The van der Waals surface area contributed by atoms with Crippen LogP contribution in [0.5, 0.6) is 0 Å². The molecular weight excluding hydrogens is 344 g/mol. The van der Waals surface area contributed by atoms with E-state index in [2.05, 4.69) is 40.7 Å². The van der Waals surface area contributed by atoms with E-state index < -0.39 is 0 Å². The molecule has 6 heteroatoms. The highest BCUT2D eigenvalue weighted by atomic mass is 32.1. The number of amides is 1. The quantitative estimate of drug-likeness (QED) is 0.687. The zero-order chi connectivity index (χ0) is 18.7. The number of aromatic nitrogens is 2. The smallest absolute Gasteiger partial charge is 0.253 e. The Bertz CT molecular complexity index is 935. The zero-order valence-electron chi connectivity index (χ0n) is 15.3. The summed E-state index contributed by atoms with van der Waals surface area (Å²) in [7, 11) is 0. The van der Waals surface area contributed by atoms with Crippen molar-refractivity contribution in [2.75, 3.05) is 5.32 Å². The Morgan fingerprint density at radius 1 is 1.00 bits per heavy atom. The Morgan fingerprint density at radius 3 is 2.46 bits per heavy atom. The van der Waals surface area contributed by atoms with Crippen LogP contribution in [0, 0.1) is 20.8 Å². The molecule has 0 aliphatic carbocycles. The molecule has 0 aliphatic rings. The largest absolute Gasteiger partial charge is 0.355 e. The summed E-state index contributed by atoms with van der Waals surface area (Å²) in [5, 5.41) is 16.2. The van der Waals surface area contributed by atoms with E-state index in [0.29, 0.717) is 5.56 Å². The van der Waals surface area contributed by atoms with Gasteiger partial charge in [0, 0.05) is 5.69 Å². The van der Waals surface area contributed by atoms with Crippen LogP contribution in [-0.2, 0) is 0 Å². The number of hydrogen-bond donors (Lipinski definition) is 2. The van der Waals surface area contributed by atoms with Crippen molar-refractivity contribution in [3.8, 4) is 0 Å². The van der Waals surface area contributed by atoms with Gasteiger partial charge in [0.15, 0.2) is 0 Å². The summed E-state index contributed by atoms with van der Waals surface area (Å²) >= 11 is 1.49. The predicted octanol–water partition coefficient (Wildman–Crippen LogP) is 4.70. The van der Waals surface area contributed by atoms with Gasteiger partial charge >= 0.3 is 0 Å². The fraction of sp³-hybridized carbons (Fsp3) is 0.250. The molecule has 0 saturated carbocycles. The van der Waals surface area contributed by atoms with E-state index in [4.69, 9.17) is 0 Å². The minimum atomic E-state index is -0.192. The lowest BCUT2D eigenvalue weighted by atomic mass is 10.1. The van der Waals surface area contributed by atoms with Gasteiger partial charge in [-0.2, -0.15) is 0 Å². The molecule has 0 aliphatic heterocycles. The number of nitrogens with zero attached hydrogens (tertiary/aromatic N) is 2. The van der Waals surface area contributed by atoms with Crippen LogP contribution in [0.15, 0.2) is 42.5 Å². The average Bonchev–Trinajstić information content (AvgIpc) is 3.06. The van der Waals surface area contributed by atoms with Crippen LogP contribution < -0.4 is 10.6 Å². The third-order valence-corrected chi connectivity index (χ3v) is 5.33. The van der Waals surface area contributed by atoms with E-state index in [0.717, 1.165) is 21.4 Å². The third kappa shape index (κ3) is 3.91. The lowest BCUT2D eigenvalue weighted by Gasteiger charge is -2.16. The van der Waals surface area contributed by atoms with Crippen molar-refractivity contribution in [1.82, 2.24) is 15.5 Å². The highest BCUT2D eigenvalue weighted by Gasteiger charge is 2.17. The number of aryl methyl sites for hydroxylation is 2. The fourth-order valence-electron chi connectivity index (χ4n) is 2.64. The van der Waals surface area contributed by atoms with Gasteiger partial charge in [-0.05, 0) is 57.0 Å². The third-order valence-electron chi connectivity index (χ3n) is 4.31. The molecule has 134 valence electrons. The molecule has 0 unspecified atom stereocenters. The highest BCUT2D eigenvalue weighted by Crippen LogP contribution is 2.26. The Hall–Kier alpha value is -2.73. The number of anilines is 2. The number of para-hydroxylation sites is 1. The number of hydrogen-bond acceptors (Lipinski definition) is 5. The molecule has 1 heterocycles. The molecular formula is C20H22N4OS. The summed E-state index contributed by atoms with van der Waals surface area (Å²) < 4.78 is 0. The summed E-state index contributed by atoms with van der Waals surface area (Å²) in [6, 6.07) is 13.4. The highest BCUT2D eigenvalue weighted by molar-refractivity contribution is 7.11. The molecule has 3 aromatic rings. The minimum Gasteiger partial charge on any atom is -0.355 e. The molecule has 2 N–H and O–H groups in total. The maximum atomic E-state index is 12.8. The predicted molar refractivity (Wildman–Crippen MR) is 106 cm³/mol. The van der Waals surface area contributed by atoms with E-state index in [1.165, 1.54) is 22.5 Å². The molecule has 5 nitrogen and oxygen atoms in total. The SMILES string of the molecule is Cc1nnc([C@H](C)NC(=O)c2ccccc2Nc2cccc(C)c2C)s1. The standard InChI is InChI=1S/C20H22N4OS/c1-12-8-7-11-17(13(12)2)22-18-10-6-5-9-16(18)19(25)21-14(3)20-24-23-15(4)26-20/h5-11,14,22H,1-4H3,(H,21,25)/t14-/m0/s1. The van der Waals surface area contributed by atoms with Gasteiger partial charge in [-0.15, -0.1) is 10.2 Å². The lowest BCUT2D eigenvalue weighted by molar-refractivity contribution is 0.0940. The van der Waals surface area contributed by atoms with Crippen LogP contribution in [0.2, 0.25) is 0 Å². The maximum Gasteiger partial charge on any atom is 0.253 e. The molecule has 3 rings (SSSR count). The molecule has 0 fully saturated rings. The number of carbonyl (C=O) groups excluding carboxylic acids is 1. The first-order chi connectivity index (χ1) is 12.5. The van der Waals surface area contributed by atoms with Crippen LogP contribution in [0.3, 0.4) is 0 Å². The molecule has 0 radical (unpaired) electrons. The molecule has 0 bridgehead atoms. The number of carbonyl (C=O) groups is 1. The van der Waals surface area contributed by atoms with Gasteiger partial charge in [-0.3, -0.25) is 4.79 Å². The topological polar surface area (TPSA) is 66.9 Å². The van der Waals surface area contributed by atoms with Crippen LogP contribution in [0.25, 0.3) is 0 Å². The van der Waals surface area contributed by atoms with Crippen molar-refractivity contribution in [2.45, 2.75) is 33.7 Å². The van der Waals surface area contributed by atoms with Gasteiger partial charge in [0.05, 0.1) is 17.3 Å². The Morgan fingerprint density at radius 2 is 1.73 bits per heavy atom. The molecule has 1 atom stereocenters. The normalized spacial score (nSPS) is 11.8. The van der Waals surface area contributed by atoms with E-state index in [-0.39, 0.29) is 11.9 Å². The minimum absolute atomic E-state index is 0.140. The molecule has 2 aromatic carbocycles. The van der Waals surface area contributed by atoms with Gasteiger partial charge in [-0.1, -0.05) is 35.6 Å². The molecule has 0 saturated heterocycles. The van der Waals surface area contributed by atoms with Crippen LogP contribution in [0.4, 0.5) is 11.4 Å². The van der Waals surface area contributed by atoms with Crippen LogP contribution in [-0.4, -0.2) is 16.1 Å². The van der Waals surface area contributed by atoms with Crippen molar-refractivity contribution < 1.29 is 4.79 Å². The summed E-state index contributed by atoms with van der Waals surface area (Å²) in [6.07, 6.45) is 0. The molecule has 0 spiro atoms. The van der Waals surface area contributed by atoms with Crippen molar-refractivity contribution in [3.05, 3.63) is 69.2 Å². The lowest BCUT2D eigenvalue weighted by Crippen LogP contribution is -2.27. The first-order valence-corrected chi connectivity index (χ1v) is 9.30. The summed E-state index contributed by atoms with van der Waals surface area (Å²) in [6.45, 7) is 7.96. The summed E-state index contributed by atoms with van der Waals surface area (Å²) in [4.78, 5) is 12.8. The fourth-order valence-corrected chi connectivity index (χ4v) is 3.35. The summed E-state index contributed by atoms with van der Waals surface area (Å²) in [5.41, 5.74) is 4.75. The Labute approximate surface area is 157 Å². The Kier molecular flexibility index (Phi) is 5.32. The van der Waals surface area contributed by atoms with Gasteiger partial charge < -0.3 is 10.6 Å². The van der Waals surface area contributed by atoms with Gasteiger partial charge in [0.1, 0.15) is 10.0 Å². The number of rotatable bonds is 5. The van der Waals surface area contributed by atoms with E-state index in [1.807, 2.05) is 50.2 Å². The first kappa shape index (κ1) is 18.1. The molecule has 1 aromatic heterocycles. The monoisotopic (exact) mass is 366 g/mol. The van der Waals surface area contributed by atoms with E-state index in [1.54, 1.807) is 0 Å². The maximum absolute atomic E-state index is 12.8.